The lowest BCUT2D eigenvalue weighted by Gasteiger charge is -2.25. The predicted molar refractivity (Wildman–Crippen MR) is 89.3 cm³/mol. The number of methoxy groups -OCH3 is 1. The lowest BCUT2D eigenvalue weighted by atomic mass is 9.94. The molecule has 3 atom stereocenters. The maximum Gasteiger partial charge on any atom is 0.293 e. The van der Waals surface area contributed by atoms with Gasteiger partial charge in [-0.1, -0.05) is 6.07 Å². The number of benzene rings is 1. The second-order valence-electron chi connectivity index (χ2n) is 6.39. The van der Waals surface area contributed by atoms with Gasteiger partial charge < -0.3 is 24.7 Å². The van der Waals surface area contributed by atoms with Gasteiger partial charge in [-0.25, -0.2) is 4.99 Å². The standard InChI is InChI=1S/C18H18N4O4/c1-3-24-12-5-4-11(8-13(12)23-2)14-16(9-19)15(21)22-18(17(14,16)10-20)25-6-7-26-18/h4-5,8,14H,3,6-7H2,1-2H3,(H2,21,22). The van der Waals surface area contributed by atoms with Crippen LogP contribution in [0.1, 0.15) is 18.4 Å². The molecule has 1 aromatic rings. The zero-order valence-electron chi connectivity index (χ0n) is 14.5. The van der Waals surface area contributed by atoms with E-state index >= 15 is 0 Å². The van der Waals surface area contributed by atoms with Crippen molar-refractivity contribution >= 4 is 5.84 Å². The van der Waals surface area contributed by atoms with E-state index in [1.165, 1.54) is 7.11 Å². The highest BCUT2D eigenvalue weighted by molar-refractivity contribution is 6.00. The average Bonchev–Trinajstić information content (AvgIpc) is 2.90. The molecule has 3 aliphatic rings. The van der Waals surface area contributed by atoms with Crippen LogP contribution in [0.15, 0.2) is 23.2 Å². The fourth-order valence-electron chi connectivity index (χ4n) is 4.36. The molecule has 0 amide bonds. The van der Waals surface area contributed by atoms with E-state index in [-0.39, 0.29) is 5.84 Å². The second kappa shape index (κ2) is 5.34. The van der Waals surface area contributed by atoms with E-state index in [0.29, 0.717) is 31.3 Å². The van der Waals surface area contributed by atoms with Crippen LogP contribution in [0.5, 0.6) is 11.5 Å². The molecule has 0 aromatic heterocycles. The Kier molecular flexibility index (Phi) is 3.42. The molecule has 2 heterocycles. The van der Waals surface area contributed by atoms with Gasteiger partial charge in [-0.05, 0) is 24.6 Å². The molecule has 1 saturated heterocycles. The normalized spacial score (nSPS) is 33.1. The third-order valence-electron chi connectivity index (χ3n) is 5.43. The average molecular weight is 354 g/mol. The summed E-state index contributed by atoms with van der Waals surface area (Å²) in [7, 11) is 1.54. The highest BCUT2D eigenvalue weighted by Crippen LogP contribution is 2.82. The first kappa shape index (κ1) is 16.6. The van der Waals surface area contributed by atoms with Crippen LogP contribution in [0.25, 0.3) is 0 Å². The first-order valence-electron chi connectivity index (χ1n) is 8.34. The molecule has 0 radical (unpaired) electrons. The van der Waals surface area contributed by atoms with Crippen molar-refractivity contribution in [2.45, 2.75) is 18.8 Å². The van der Waals surface area contributed by atoms with Crippen molar-refractivity contribution in [3.05, 3.63) is 23.8 Å². The van der Waals surface area contributed by atoms with E-state index in [0.717, 1.165) is 5.56 Å². The van der Waals surface area contributed by atoms with Crippen LogP contribution in [0, 0.1) is 33.5 Å². The van der Waals surface area contributed by atoms with E-state index < -0.39 is 22.7 Å². The minimum atomic E-state index is -1.53. The van der Waals surface area contributed by atoms with Crippen molar-refractivity contribution in [3.8, 4) is 23.6 Å². The van der Waals surface area contributed by atoms with Crippen molar-refractivity contribution in [2.24, 2.45) is 21.6 Å². The second-order valence-corrected chi connectivity index (χ2v) is 6.39. The molecule has 2 aliphatic heterocycles. The third-order valence-corrected chi connectivity index (χ3v) is 5.43. The minimum Gasteiger partial charge on any atom is -0.493 e. The summed E-state index contributed by atoms with van der Waals surface area (Å²) in [6, 6.07) is 9.82. The summed E-state index contributed by atoms with van der Waals surface area (Å²) in [5, 5.41) is 20.0. The molecule has 134 valence electrons. The first-order chi connectivity index (χ1) is 12.6. The molecule has 26 heavy (non-hydrogen) atoms. The summed E-state index contributed by atoms with van der Waals surface area (Å²) in [4.78, 5) is 4.25. The Morgan fingerprint density at radius 3 is 2.58 bits per heavy atom. The van der Waals surface area contributed by atoms with E-state index in [1.54, 1.807) is 12.1 Å². The summed E-state index contributed by atoms with van der Waals surface area (Å²) in [5.74, 6) is -0.885. The molecule has 1 spiro atoms. The zero-order chi connectivity index (χ0) is 18.6. The van der Waals surface area contributed by atoms with Crippen molar-refractivity contribution in [1.82, 2.24) is 0 Å². The van der Waals surface area contributed by atoms with Gasteiger partial charge in [0.25, 0.3) is 5.91 Å². The van der Waals surface area contributed by atoms with Crippen LogP contribution >= 0.6 is 0 Å². The molecule has 2 fully saturated rings. The fraction of sp³-hybridized carbons (Fsp3) is 0.500. The SMILES string of the molecule is CCOc1ccc(C2C3(C#N)C(N)=NC4(OCCO4)C23C#N)cc1OC. The molecule has 8 nitrogen and oxygen atoms in total. The van der Waals surface area contributed by atoms with Crippen LogP contribution in [0.2, 0.25) is 0 Å². The van der Waals surface area contributed by atoms with Crippen LogP contribution in [-0.4, -0.2) is 38.7 Å². The van der Waals surface area contributed by atoms with E-state index in [4.69, 9.17) is 24.7 Å². The quantitative estimate of drug-likeness (QED) is 0.864. The summed E-state index contributed by atoms with van der Waals surface area (Å²) >= 11 is 0. The monoisotopic (exact) mass is 354 g/mol. The third kappa shape index (κ3) is 1.61. The lowest BCUT2D eigenvalue weighted by molar-refractivity contribution is -0.184. The lowest BCUT2D eigenvalue weighted by Crippen LogP contribution is -2.38. The maximum atomic E-state index is 10.1. The Labute approximate surface area is 150 Å². The Morgan fingerprint density at radius 1 is 1.27 bits per heavy atom. The Bertz CT molecular complexity index is 880. The molecular formula is C18H18N4O4. The van der Waals surface area contributed by atoms with Crippen LogP contribution < -0.4 is 15.2 Å². The molecule has 3 unspecified atom stereocenters. The number of rotatable bonds is 4. The Balaban J connectivity index is 1.85. The summed E-state index contributed by atoms with van der Waals surface area (Å²) in [5.41, 5.74) is 4.23. The number of nitrogens with two attached hydrogens (primary N) is 1. The molecule has 1 aliphatic carbocycles. The van der Waals surface area contributed by atoms with E-state index in [9.17, 15) is 10.5 Å². The van der Waals surface area contributed by atoms with Gasteiger partial charge in [0.2, 0.25) is 0 Å². The van der Waals surface area contributed by atoms with Gasteiger partial charge in [0.1, 0.15) is 11.3 Å². The predicted octanol–water partition coefficient (Wildman–Crippen LogP) is 1.28. The van der Waals surface area contributed by atoms with E-state index in [1.807, 2.05) is 13.0 Å². The van der Waals surface area contributed by atoms with Gasteiger partial charge in [-0.15, -0.1) is 0 Å². The number of amidine groups is 1. The van der Waals surface area contributed by atoms with Gasteiger partial charge in [-0.3, -0.25) is 0 Å². The summed E-state index contributed by atoms with van der Waals surface area (Å²) in [6.07, 6.45) is 0. The Hall–Kier alpha value is -2.81. The number of aliphatic imine (C=N–C) groups is 1. The number of hydrogen-bond acceptors (Lipinski definition) is 8. The summed E-state index contributed by atoms with van der Waals surface area (Å²) < 4.78 is 22.3. The van der Waals surface area contributed by atoms with Crippen LogP contribution in [-0.2, 0) is 9.47 Å². The molecule has 1 aromatic carbocycles. The number of ether oxygens (including phenoxy) is 4. The molecule has 4 rings (SSSR count). The number of hydrogen-bond donors (Lipinski definition) is 1. The highest BCUT2D eigenvalue weighted by atomic mass is 16.8. The van der Waals surface area contributed by atoms with Crippen molar-refractivity contribution in [2.75, 3.05) is 26.9 Å². The largest absolute Gasteiger partial charge is 0.493 e. The zero-order valence-corrected chi connectivity index (χ0v) is 14.5. The number of fused-ring (bicyclic) bond motifs is 2. The molecule has 8 heteroatoms. The summed E-state index contributed by atoms with van der Waals surface area (Å²) in [6.45, 7) is 2.96. The molecule has 2 N–H and O–H groups in total. The molecule has 1 saturated carbocycles. The van der Waals surface area contributed by atoms with Crippen molar-refractivity contribution < 1.29 is 18.9 Å². The highest BCUT2D eigenvalue weighted by Gasteiger charge is 2.94. The van der Waals surface area contributed by atoms with Crippen molar-refractivity contribution in [1.29, 1.82) is 10.5 Å². The van der Waals surface area contributed by atoms with Gasteiger partial charge in [-0.2, -0.15) is 10.5 Å². The van der Waals surface area contributed by atoms with Crippen molar-refractivity contribution in [3.63, 3.8) is 0 Å². The smallest absolute Gasteiger partial charge is 0.293 e. The number of nitriles is 2. The molecular weight excluding hydrogens is 336 g/mol. The number of nitrogens with zero attached hydrogens (tertiary/aromatic N) is 3. The molecule has 0 bridgehead atoms. The Morgan fingerprint density at radius 2 is 2.00 bits per heavy atom. The first-order valence-corrected chi connectivity index (χ1v) is 8.34. The van der Waals surface area contributed by atoms with Gasteiger partial charge >= 0.3 is 0 Å². The van der Waals surface area contributed by atoms with Crippen LogP contribution in [0.4, 0.5) is 0 Å². The van der Waals surface area contributed by atoms with E-state index in [2.05, 4.69) is 17.1 Å². The van der Waals surface area contributed by atoms with Crippen LogP contribution in [0.3, 0.4) is 0 Å². The fourth-order valence-corrected chi connectivity index (χ4v) is 4.36. The van der Waals surface area contributed by atoms with Gasteiger partial charge in [0.15, 0.2) is 16.9 Å². The minimum absolute atomic E-state index is 0.0706. The van der Waals surface area contributed by atoms with Gasteiger partial charge in [0, 0.05) is 5.92 Å². The maximum absolute atomic E-state index is 10.1. The van der Waals surface area contributed by atoms with Gasteiger partial charge in [0.05, 0.1) is 39.1 Å². The topological polar surface area (TPSA) is 123 Å².